The summed E-state index contributed by atoms with van der Waals surface area (Å²) < 4.78 is 20.3. The molecule has 0 heterocycles. The van der Waals surface area contributed by atoms with Crippen LogP contribution in [0, 0.1) is 12.7 Å². The molecule has 20 heavy (non-hydrogen) atoms. The van der Waals surface area contributed by atoms with Crippen LogP contribution >= 0.6 is 27.5 Å². The van der Waals surface area contributed by atoms with Crippen molar-refractivity contribution in [3.05, 3.63) is 56.8 Å². The Morgan fingerprint density at radius 1 is 1.25 bits per heavy atom. The van der Waals surface area contributed by atoms with E-state index in [1.54, 1.807) is 32.0 Å². The van der Waals surface area contributed by atoms with Crippen LogP contribution in [0.4, 0.5) is 4.39 Å². The van der Waals surface area contributed by atoms with Gasteiger partial charge in [0.15, 0.2) is 0 Å². The van der Waals surface area contributed by atoms with Crippen LogP contribution in [-0.4, -0.2) is 0 Å². The van der Waals surface area contributed by atoms with E-state index in [-0.39, 0.29) is 11.9 Å². The molecule has 106 valence electrons. The fourth-order valence-electron chi connectivity index (χ4n) is 1.79. The van der Waals surface area contributed by atoms with Gasteiger partial charge in [0.05, 0.1) is 5.02 Å². The van der Waals surface area contributed by atoms with E-state index in [0.717, 1.165) is 4.47 Å². The maximum absolute atomic E-state index is 13.6. The fraction of sp³-hybridized carbons (Fsp3) is 0.200. The zero-order valence-electron chi connectivity index (χ0n) is 11.1. The Kier molecular flexibility index (Phi) is 4.68. The summed E-state index contributed by atoms with van der Waals surface area (Å²) in [5, 5.41) is 0.469. The van der Waals surface area contributed by atoms with Gasteiger partial charge >= 0.3 is 0 Å². The molecule has 0 fully saturated rings. The van der Waals surface area contributed by atoms with E-state index >= 15 is 0 Å². The van der Waals surface area contributed by atoms with Crippen molar-refractivity contribution in [2.24, 2.45) is 5.73 Å². The van der Waals surface area contributed by atoms with Crippen LogP contribution in [0.25, 0.3) is 0 Å². The Morgan fingerprint density at radius 2 is 1.95 bits per heavy atom. The number of rotatable bonds is 3. The van der Waals surface area contributed by atoms with Crippen LogP contribution in [0.5, 0.6) is 11.5 Å². The number of ether oxygens (including phenoxy) is 1. The predicted molar refractivity (Wildman–Crippen MR) is 83.0 cm³/mol. The second-order valence-corrected chi connectivity index (χ2v) is 5.93. The molecular weight excluding hydrogens is 345 g/mol. The molecular formula is C15H14BrClFNO. The fourth-order valence-corrected chi connectivity index (χ4v) is 2.50. The first-order valence-electron chi connectivity index (χ1n) is 6.07. The summed E-state index contributed by atoms with van der Waals surface area (Å²) >= 11 is 9.45. The first-order chi connectivity index (χ1) is 9.38. The van der Waals surface area contributed by atoms with Crippen LogP contribution in [-0.2, 0) is 0 Å². The lowest BCUT2D eigenvalue weighted by atomic mass is 10.1. The summed E-state index contributed by atoms with van der Waals surface area (Å²) in [4.78, 5) is 0. The van der Waals surface area contributed by atoms with E-state index in [9.17, 15) is 4.39 Å². The van der Waals surface area contributed by atoms with Crippen molar-refractivity contribution in [3.63, 3.8) is 0 Å². The molecule has 2 nitrogen and oxygen atoms in total. The number of benzene rings is 2. The summed E-state index contributed by atoms with van der Waals surface area (Å²) in [7, 11) is 0. The normalized spacial score (nSPS) is 12.3. The number of nitrogens with two attached hydrogens (primary N) is 1. The molecule has 0 aromatic heterocycles. The zero-order valence-corrected chi connectivity index (χ0v) is 13.4. The predicted octanol–water partition coefficient (Wildman–Crippen LogP) is 5.36. The average Bonchev–Trinajstić information content (AvgIpc) is 2.36. The van der Waals surface area contributed by atoms with Crippen molar-refractivity contribution in [1.82, 2.24) is 0 Å². The van der Waals surface area contributed by atoms with Gasteiger partial charge in [-0.1, -0.05) is 27.5 Å². The van der Waals surface area contributed by atoms with Gasteiger partial charge in [-0.05, 0) is 49.7 Å². The molecule has 0 aliphatic rings. The second kappa shape index (κ2) is 6.12. The van der Waals surface area contributed by atoms with Gasteiger partial charge in [0.25, 0.3) is 0 Å². The summed E-state index contributed by atoms with van der Waals surface area (Å²) in [6.45, 7) is 3.45. The van der Waals surface area contributed by atoms with Gasteiger partial charge in [0.1, 0.15) is 17.3 Å². The van der Waals surface area contributed by atoms with E-state index < -0.39 is 0 Å². The van der Waals surface area contributed by atoms with Gasteiger partial charge in [0, 0.05) is 16.1 Å². The van der Waals surface area contributed by atoms with Crippen LogP contribution in [0.3, 0.4) is 0 Å². The third kappa shape index (κ3) is 3.32. The highest BCUT2D eigenvalue weighted by Crippen LogP contribution is 2.35. The van der Waals surface area contributed by atoms with Gasteiger partial charge in [-0.2, -0.15) is 0 Å². The highest BCUT2D eigenvalue weighted by atomic mass is 79.9. The highest BCUT2D eigenvalue weighted by Gasteiger charge is 2.14. The standard InChI is InChI=1S/C15H14BrClFNO/c1-8-5-15(11(9(2)19)7-13(8)18)20-14-4-3-10(16)6-12(14)17/h3-7,9H,19H2,1-2H3. The van der Waals surface area contributed by atoms with Gasteiger partial charge in [-0.15, -0.1) is 0 Å². The Labute approximate surface area is 130 Å². The minimum atomic E-state index is -0.339. The average molecular weight is 359 g/mol. The number of hydrogen-bond acceptors (Lipinski definition) is 2. The van der Waals surface area contributed by atoms with Gasteiger partial charge in [-0.3, -0.25) is 0 Å². The maximum Gasteiger partial charge on any atom is 0.146 e. The van der Waals surface area contributed by atoms with E-state index in [2.05, 4.69) is 15.9 Å². The monoisotopic (exact) mass is 357 g/mol. The van der Waals surface area contributed by atoms with Gasteiger partial charge < -0.3 is 10.5 Å². The molecule has 2 N–H and O–H groups in total. The highest BCUT2D eigenvalue weighted by molar-refractivity contribution is 9.10. The second-order valence-electron chi connectivity index (χ2n) is 4.60. The Bertz CT molecular complexity index is 646. The number of aryl methyl sites for hydroxylation is 1. The largest absolute Gasteiger partial charge is 0.455 e. The molecule has 0 aliphatic carbocycles. The molecule has 0 spiro atoms. The molecule has 0 bridgehead atoms. The molecule has 0 amide bonds. The van der Waals surface area contributed by atoms with Crippen LogP contribution < -0.4 is 10.5 Å². The first kappa shape index (κ1) is 15.3. The van der Waals surface area contributed by atoms with E-state index in [0.29, 0.717) is 27.6 Å². The zero-order chi connectivity index (χ0) is 14.9. The van der Waals surface area contributed by atoms with Gasteiger partial charge in [0.2, 0.25) is 0 Å². The van der Waals surface area contributed by atoms with Crippen molar-refractivity contribution in [1.29, 1.82) is 0 Å². The molecule has 2 aromatic carbocycles. The van der Waals surface area contributed by atoms with E-state index in [4.69, 9.17) is 22.1 Å². The van der Waals surface area contributed by atoms with Gasteiger partial charge in [-0.25, -0.2) is 4.39 Å². The Hall–Kier alpha value is -1.10. The first-order valence-corrected chi connectivity index (χ1v) is 7.24. The van der Waals surface area contributed by atoms with Crippen molar-refractivity contribution in [2.45, 2.75) is 19.9 Å². The minimum absolute atomic E-state index is 0.299. The smallest absolute Gasteiger partial charge is 0.146 e. The molecule has 0 saturated heterocycles. The van der Waals surface area contributed by atoms with E-state index in [1.165, 1.54) is 6.07 Å². The van der Waals surface area contributed by atoms with Crippen LogP contribution in [0.1, 0.15) is 24.1 Å². The topological polar surface area (TPSA) is 35.2 Å². The number of halogens is 3. The summed E-state index contributed by atoms with van der Waals surface area (Å²) in [5.74, 6) is 0.720. The quantitative estimate of drug-likeness (QED) is 0.801. The molecule has 0 aliphatic heterocycles. The van der Waals surface area contributed by atoms with E-state index in [1.807, 2.05) is 6.07 Å². The summed E-state index contributed by atoms with van der Waals surface area (Å²) in [6.07, 6.45) is 0. The van der Waals surface area contributed by atoms with Crippen LogP contribution in [0.15, 0.2) is 34.8 Å². The number of hydrogen-bond donors (Lipinski definition) is 1. The Morgan fingerprint density at radius 3 is 2.55 bits per heavy atom. The molecule has 1 unspecified atom stereocenters. The van der Waals surface area contributed by atoms with Crippen molar-refractivity contribution < 1.29 is 9.13 Å². The molecule has 0 saturated carbocycles. The lowest BCUT2D eigenvalue weighted by Crippen LogP contribution is -2.08. The third-order valence-electron chi connectivity index (χ3n) is 2.90. The molecule has 0 radical (unpaired) electrons. The SMILES string of the molecule is Cc1cc(Oc2ccc(Br)cc2Cl)c(C(C)N)cc1F. The summed E-state index contributed by atoms with van der Waals surface area (Å²) in [6, 6.07) is 8.00. The lowest BCUT2D eigenvalue weighted by Gasteiger charge is -2.16. The lowest BCUT2D eigenvalue weighted by molar-refractivity contribution is 0.468. The molecule has 2 rings (SSSR count). The molecule has 2 aromatic rings. The minimum Gasteiger partial charge on any atom is -0.455 e. The van der Waals surface area contributed by atoms with Crippen molar-refractivity contribution in [3.8, 4) is 11.5 Å². The van der Waals surface area contributed by atoms with Crippen molar-refractivity contribution >= 4 is 27.5 Å². The molecule has 1 atom stereocenters. The third-order valence-corrected chi connectivity index (χ3v) is 3.68. The van der Waals surface area contributed by atoms with Crippen LogP contribution in [0.2, 0.25) is 5.02 Å². The summed E-state index contributed by atoms with van der Waals surface area (Å²) in [5.41, 5.74) is 6.96. The maximum atomic E-state index is 13.6. The van der Waals surface area contributed by atoms with Crippen molar-refractivity contribution in [2.75, 3.05) is 0 Å². The Balaban J connectivity index is 2.44. The molecule has 5 heteroatoms.